The third-order valence-corrected chi connectivity index (χ3v) is 6.13. The second-order valence-electron chi connectivity index (χ2n) is 7.87. The first-order valence-electron chi connectivity index (χ1n) is 10.5. The number of piperazine rings is 1. The average Bonchev–Trinajstić information content (AvgIpc) is 3.07. The van der Waals surface area contributed by atoms with Crippen LogP contribution >= 0.6 is 0 Å². The summed E-state index contributed by atoms with van der Waals surface area (Å²) in [6, 6.07) is 28.1. The van der Waals surface area contributed by atoms with Gasteiger partial charge in [0.15, 0.2) is 0 Å². The summed E-state index contributed by atoms with van der Waals surface area (Å²) in [6.45, 7) is 7.56. The topological polar surface area (TPSA) is 10.9 Å². The fourth-order valence-electron chi connectivity index (χ4n) is 4.61. The van der Waals surface area contributed by atoms with E-state index in [-0.39, 0.29) is 0 Å². The molecule has 0 radical (unpaired) electrons. The second kappa shape index (κ2) is 7.76. The summed E-state index contributed by atoms with van der Waals surface area (Å²) >= 11 is 0. The van der Waals surface area contributed by atoms with E-state index in [9.17, 15) is 0 Å². The third-order valence-electron chi connectivity index (χ3n) is 6.13. The van der Waals surface area contributed by atoms with Crippen LogP contribution in [0.1, 0.15) is 11.3 Å². The lowest BCUT2D eigenvalue weighted by Gasteiger charge is -2.36. The Bertz CT molecular complexity index is 1090. The van der Waals surface area contributed by atoms with Crippen molar-refractivity contribution in [3.05, 3.63) is 96.3 Å². The maximum absolute atomic E-state index is 2.60. The molecule has 1 aliphatic heterocycles. The van der Waals surface area contributed by atoms with Gasteiger partial charge < -0.3 is 9.30 Å². The molecule has 1 saturated heterocycles. The molecule has 0 spiro atoms. The molecule has 0 atom stereocenters. The minimum atomic E-state index is 0.978. The largest absolute Gasteiger partial charge is 0.369 e. The van der Waals surface area contributed by atoms with Gasteiger partial charge in [0, 0.05) is 61.4 Å². The van der Waals surface area contributed by atoms with Crippen molar-refractivity contribution in [2.75, 3.05) is 31.1 Å². The van der Waals surface area contributed by atoms with Gasteiger partial charge in [0.1, 0.15) is 0 Å². The van der Waals surface area contributed by atoms with Crippen molar-refractivity contribution < 1.29 is 0 Å². The molecule has 0 aliphatic carbocycles. The number of para-hydroxylation sites is 1. The van der Waals surface area contributed by atoms with E-state index in [4.69, 9.17) is 0 Å². The SMILES string of the molecule is Cc1c(-c2ccccc2)c(CN2CCN(c3ccccc3)CC2)n2ccccc12. The van der Waals surface area contributed by atoms with Crippen LogP contribution < -0.4 is 4.90 Å². The molecule has 3 nitrogen and oxygen atoms in total. The van der Waals surface area contributed by atoms with E-state index < -0.39 is 0 Å². The van der Waals surface area contributed by atoms with E-state index in [2.05, 4.69) is 106 Å². The Hall–Kier alpha value is -3.04. The fraction of sp³-hybridized carbons (Fsp3) is 0.231. The van der Waals surface area contributed by atoms with Gasteiger partial charge in [-0.1, -0.05) is 54.6 Å². The number of pyridine rings is 1. The molecule has 0 N–H and O–H groups in total. The van der Waals surface area contributed by atoms with Crippen LogP contribution in [0.15, 0.2) is 85.1 Å². The van der Waals surface area contributed by atoms with E-state index in [0.717, 1.165) is 32.7 Å². The van der Waals surface area contributed by atoms with Crippen LogP contribution in [-0.2, 0) is 6.54 Å². The van der Waals surface area contributed by atoms with Crippen LogP contribution in [0.3, 0.4) is 0 Å². The van der Waals surface area contributed by atoms with E-state index in [1.807, 2.05) is 0 Å². The van der Waals surface area contributed by atoms with Gasteiger partial charge in [-0.2, -0.15) is 0 Å². The molecule has 1 aliphatic rings. The van der Waals surface area contributed by atoms with Crippen molar-refractivity contribution in [1.29, 1.82) is 0 Å². The number of aromatic nitrogens is 1. The summed E-state index contributed by atoms with van der Waals surface area (Å²) in [5.74, 6) is 0. The summed E-state index contributed by atoms with van der Waals surface area (Å²) < 4.78 is 2.39. The van der Waals surface area contributed by atoms with Crippen LogP contribution in [0.4, 0.5) is 5.69 Å². The molecule has 3 heteroatoms. The molecular formula is C26H27N3. The standard InChI is InChI=1S/C26H27N3/c1-21-24-14-8-9-15-29(24)25(26(21)22-10-4-2-5-11-22)20-27-16-18-28(19-17-27)23-12-6-3-7-13-23/h2-15H,16-20H2,1H3. The molecule has 29 heavy (non-hydrogen) atoms. The van der Waals surface area contributed by atoms with Crippen LogP contribution in [0.25, 0.3) is 16.6 Å². The van der Waals surface area contributed by atoms with Gasteiger partial charge in [-0.15, -0.1) is 0 Å². The Morgan fingerprint density at radius 2 is 1.38 bits per heavy atom. The Labute approximate surface area is 172 Å². The normalized spacial score (nSPS) is 15.1. The molecule has 146 valence electrons. The van der Waals surface area contributed by atoms with Gasteiger partial charge >= 0.3 is 0 Å². The molecule has 0 bridgehead atoms. The average molecular weight is 382 g/mol. The number of rotatable bonds is 4. The van der Waals surface area contributed by atoms with Gasteiger partial charge in [-0.3, -0.25) is 4.90 Å². The lowest BCUT2D eigenvalue weighted by atomic mass is 10.0. The fourth-order valence-corrected chi connectivity index (χ4v) is 4.61. The highest BCUT2D eigenvalue weighted by Crippen LogP contribution is 2.33. The number of hydrogen-bond donors (Lipinski definition) is 0. The summed E-state index contributed by atoms with van der Waals surface area (Å²) in [4.78, 5) is 5.09. The van der Waals surface area contributed by atoms with E-state index >= 15 is 0 Å². The predicted molar refractivity (Wildman–Crippen MR) is 122 cm³/mol. The van der Waals surface area contributed by atoms with Gasteiger partial charge in [0.05, 0.1) is 0 Å². The first kappa shape index (κ1) is 18.0. The molecule has 0 saturated carbocycles. The summed E-state index contributed by atoms with van der Waals surface area (Å²) in [7, 11) is 0. The number of anilines is 1. The molecule has 2 aromatic heterocycles. The van der Waals surface area contributed by atoms with Crippen molar-refractivity contribution in [2.45, 2.75) is 13.5 Å². The maximum atomic E-state index is 2.60. The van der Waals surface area contributed by atoms with Crippen LogP contribution in [0.2, 0.25) is 0 Å². The minimum absolute atomic E-state index is 0.978. The van der Waals surface area contributed by atoms with Gasteiger partial charge in [0.25, 0.3) is 0 Å². The zero-order valence-electron chi connectivity index (χ0n) is 17.0. The molecule has 3 heterocycles. The molecule has 0 amide bonds. The quantitative estimate of drug-likeness (QED) is 0.479. The highest BCUT2D eigenvalue weighted by Gasteiger charge is 2.22. The van der Waals surface area contributed by atoms with E-state index in [1.54, 1.807) is 0 Å². The van der Waals surface area contributed by atoms with Crippen molar-refractivity contribution in [3.63, 3.8) is 0 Å². The van der Waals surface area contributed by atoms with Gasteiger partial charge in [0.2, 0.25) is 0 Å². The smallest absolute Gasteiger partial charge is 0.0489 e. The molecular weight excluding hydrogens is 354 g/mol. The van der Waals surface area contributed by atoms with Crippen molar-refractivity contribution in [1.82, 2.24) is 9.30 Å². The summed E-state index contributed by atoms with van der Waals surface area (Å²) in [6.07, 6.45) is 2.21. The van der Waals surface area contributed by atoms with Crippen LogP contribution in [-0.4, -0.2) is 35.5 Å². The second-order valence-corrected chi connectivity index (χ2v) is 7.87. The zero-order valence-corrected chi connectivity index (χ0v) is 17.0. The molecule has 4 aromatic rings. The van der Waals surface area contributed by atoms with Gasteiger partial charge in [-0.25, -0.2) is 0 Å². The Balaban J connectivity index is 1.44. The Kier molecular flexibility index (Phi) is 4.82. The zero-order chi connectivity index (χ0) is 19.6. The molecule has 5 rings (SSSR count). The van der Waals surface area contributed by atoms with E-state index in [1.165, 1.54) is 33.6 Å². The highest BCUT2D eigenvalue weighted by atomic mass is 15.3. The summed E-state index contributed by atoms with van der Waals surface area (Å²) in [5.41, 5.74) is 8.12. The number of benzene rings is 2. The highest BCUT2D eigenvalue weighted by molar-refractivity contribution is 5.79. The van der Waals surface area contributed by atoms with Crippen molar-refractivity contribution >= 4 is 11.2 Å². The first-order valence-corrected chi connectivity index (χ1v) is 10.5. The number of aryl methyl sites for hydroxylation is 1. The van der Waals surface area contributed by atoms with Crippen molar-refractivity contribution in [3.8, 4) is 11.1 Å². The molecule has 1 fully saturated rings. The first-order chi connectivity index (χ1) is 14.3. The minimum Gasteiger partial charge on any atom is -0.369 e. The Morgan fingerprint density at radius 3 is 2.10 bits per heavy atom. The van der Waals surface area contributed by atoms with E-state index in [0.29, 0.717) is 0 Å². The van der Waals surface area contributed by atoms with Crippen LogP contribution in [0.5, 0.6) is 0 Å². The molecule has 0 unspecified atom stereocenters. The third kappa shape index (κ3) is 3.43. The number of fused-ring (bicyclic) bond motifs is 1. The van der Waals surface area contributed by atoms with Gasteiger partial charge in [-0.05, 0) is 42.3 Å². The lowest BCUT2D eigenvalue weighted by Crippen LogP contribution is -2.46. The van der Waals surface area contributed by atoms with Crippen LogP contribution in [0, 0.1) is 6.92 Å². The monoisotopic (exact) mass is 381 g/mol. The summed E-state index contributed by atoms with van der Waals surface area (Å²) in [5, 5.41) is 0. The van der Waals surface area contributed by atoms with Crippen molar-refractivity contribution in [2.24, 2.45) is 0 Å². The lowest BCUT2D eigenvalue weighted by molar-refractivity contribution is 0.247. The number of hydrogen-bond acceptors (Lipinski definition) is 2. The molecule has 2 aromatic carbocycles. The number of nitrogens with zero attached hydrogens (tertiary/aromatic N) is 3. The predicted octanol–water partition coefficient (Wildman–Crippen LogP) is 5.24. The Morgan fingerprint density at radius 1 is 0.724 bits per heavy atom. The maximum Gasteiger partial charge on any atom is 0.0489 e.